The van der Waals surface area contributed by atoms with Crippen LogP contribution < -0.4 is 0 Å². The average molecular weight is 326 g/mol. The third-order valence-corrected chi connectivity index (χ3v) is 3.28. The number of aryl methyl sites for hydroxylation is 1. The Balaban J connectivity index is 2.71. The summed E-state index contributed by atoms with van der Waals surface area (Å²) in [7, 11) is 0. The minimum Gasteiger partial charge on any atom is -0.258 e. The fraction of sp³-hybridized carbons (Fsp3) is 0.364. The van der Waals surface area contributed by atoms with Gasteiger partial charge in [0.15, 0.2) is 5.82 Å². The summed E-state index contributed by atoms with van der Waals surface area (Å²) in [6.07, 6.45) is 3.97. The van der Waals surface area contributed by atoms with Crippen molar-refractivity contribution < 1.29 is 4.92 Å². The van der Waals surface area contributed by atoms with Gasteiger partial charge in [0.2, 0.25) is 0 Å². The van der Waals surface area contributed by atoms with Crippen LogP contribution in [0.15, 0.2) is 17.0 Å². The van der Waals surface area contributed by atoms with Crippen molar-refractivity contribution in [1.82, 2.24) is 19.7 Å². The molecule has 0 saturated heterocycles. The SMILES string of the molecule is CCc1nn(-c2ncncc2Br)c(CC)c1[N+](=O)[O-]. The third-order valence-electron chi connectivity index (χ3n) is 2.72. The van der Waals surface area contributed by atoms with Crippen molar-refractivity contribution in [3.8, 4) is 5.82 Å². The molecule has 0 radical (unpaired) electrons. The van der Waals surface area contributed by atoms with Gasteiger partial charge in [-0.05, 0) is 28.8 Å². The lowest BCUT2D eigenvalue weighted by molar-refractivity contribution is -0.386. The highest BCUT2D eigenvalue weighted by Gasteiger charge is 2.27. The van der Waals surface area contributed by atoms with Crippen molar-refractivity contribution >= 4 is 21.6 Å². The Hall–Kier alpha value is -1.83. The number of nitrogens with zero attached hydrogens (tertiary/aromatic N) is 5. The normalized spacial score (nSPS) is 10.7. The summed E-state index contributed by atoms with van der Waals surface area (Å²) in [5.74, 6) is 0.509. The Bertz CT molecular complexity index is 626. The topological polar surface area (TPSA) is 86.7 Å². The molecule has 2 aromatic heterocycles. The van der Waals surface area contributed by atoms with E-state index < -0.39 is 0 Å². The molecule has 0 bridgehead atoms. The zero-order valence-electron chi connectivity index (χ0n) is 10.5. The first kappa shape index (κ1) is 13.6. The molecule has 0 aliphatic carbocycles. The Labute approximate surface area is 118 Å². The maximum Gasteiger partial charge on any atom is 0.313 e. The fourth-order valence-corrected chi connectivity index (χ4v) is 2.29. The highest BCUT2D eigenvalue weighted by atomic mass is 79.9. The number of halogens is 1. The van der Waals surface area contributed by atoms with Gasteiger partial charge < -0.3 is 0 Å². The molecule has 0 unspecified atom stereocenters. The van der Waals surface area contributed by atoms with Gasteiger partial charge in [0.1, 0.15) is 17.7 Å². The van der Waals surface area contributed by atoms with Crippen LogP contribution in [0.1, 0.15) is 25.2 Å². The monoisotopic (exact) mass is 325 g/mol. The van der Waals surface area contributed by atoms with Crippen molar-refractivity contribution in [2.45, 2.75) is 26.7 Å². The van der Waals surface area contributed by atoms with Crippen LogP contribution in [0.3, 0.4) is 0 Å². The zero-order valence-corrected chi connectivity index (χ0v) is 12.1. The second-order valence-electron chi connectivity index (χ2n) is 3.81. The molecule has 2 rings (SSSR count). The van der Waals surface area contributed by atoms with E-state index in [0.717, 1.165) is 0 Å². The van der Waals surface area contributed by atoms with Crippen molar-refractivity contribution in [1.29, 1.82) is 0 Å². The van der Waals surface area contributed by atoms with E-state index in [9.17, 15) is 10.1 Å². The summed E-state index contributed by atoms with van der Waals surface area (Å²) in [6, 6.07) is 0. The maximum absolute atomic E-state index is 11.2. The number of hydrogen-bond acceptors (Lipinski definition) is 5. The van der Waals surface area contributed by atoms with Crippen LogP contribution in [0.4, 0.5) is 5.69 Å². The third kappa shape index (κ3) is 2.35. The highest BCUT2D eigenvalue weighted by Crippen LogP contribution is 2.28. The number of nitro groups is 1. The molecule has 19 heavy (non-hydrogen) atoms. The minimum atomic E-state index is -0.379. The molecule has 0 aliphatic heterocycles. The second-order valence-corrected chi connectivity index (χ2v) is 4.67. The fourth-order valence-electron chi connectivity index (χ4n) is 1.90. The van der Waals surface area contributed by atoms with E-state index in [2.05, 4.69) is 31.0 Å². The van der Waals surface area contributed by atoms with Crippen LogP contribution in [0.25, 0.3) is 5.82 Å². The van der Waals surface area contributed by atoms with Crippen LogP contribution in [0, 0.1) is 10.1 Å². The highest BCUT2D eigenvalue weighted by molar-refractivity contribution is 9.10. The molecule has 7 nitrogen and oxygen atoms in total. The first-order chi connectivity index (χ1) is 9.10. The van der Waals surface area contributed by atoms with Crippen LogP contribution in [-0.4, -0.2) is 24.7 Å². The van der Waals surface area contributed by atoms with E-state index in [1.54, 1.807) is 6.20 Å². The molecule has 0 spiro atoms. The van der Waals surface area contributed by atoms with E-state index in [1.807, 2.05) is 13.8 Å². The van der Waals surface area contributed by atoms with E-state index in [4.69, 9.17) is 0 Å². The summed E-state index contributed by atoms with van der Waals surface area (Å²) in [5.41, 5.74) is 1.09. The number of hydrogen-bond donors (Lipinski definition) is 0. The molecule has 0 aromatic carbocycles. The molecule has 0 saturated carbocycles. The Morgan fingerprint density at radius 1 is 1.42 bits per heavy atom. The summed E-state index contributed by atoms with van der Waals surface area (Å²) >= 11 is 3.33. The Morgan fingerprint density at radius 3 is 2.68 bits per heavy atom. The van der Waals surface area contributed by atoms with Gasteiger partial charge >= 0.3 is 5.69 Å². The van der Waals surface area contributed by atoms with Crippen molar-refractivity contribution in [2.75, 3.05) is 0 Å². The summed E-state index contributed by atoms with van der Waals surface area (Å²) < 4.78 is 2.16. The predicted octanol–water partition coefficient (Wildman–Crippen LogP) is 2.46. The Morgan fingerprint density at radius 2 is 2.16 bits per heavy atom. The standard InChI is InChI=1S/C11H12BrN5O2/c1-3-8-10(17(18)19)9(4-2)16(15-8)11-7(12)5-13-6-14-11/h5-6H,3-4H2,1-2H3. The molecule has 2 aromatic rings. The van der Waals surface area contributed by atoms with Gasteiger partial charge in [-0.15, -0.1) is 0 Å². The van der Waals surface area contributed by atoms with Gasteiger partial charge in [0.05, 0.1) is 9.40 Å². The Kier molecular flexibility index (Phi) is 3.89. The van der Waals surface area contributed by atoms with Crippen LogP contribution in [0.5, 0.6) is 0 Å². The molecule has 0 N–H and O–H groups in total. The van der Waals surface area contributed by atoms with Gasteiger partial charge in [-0.2, -0.15) is 5.10 Å². The minimum absolute atomic E-state index is 0.0792. The molecule has 100 valence electrons. The lowest BCUT2D eigenvalue weighted by Gasteiger charge is -2.05. The zero-order chi connectivity index (χ0) is 14.0. The summed E-state index contributed by atoms with van der Waals surface area (Å²) in [5, 5.41) is 15.5. The van der Waals surface area contributed by atoms with Crippen LogP contribution in [0.2, 0.25) is 0 Å². The van der Waals surface area contributed by atoms with E-state index in [1.165, 1.54) is 11.0 Å². The molecule has 0 amide bonds. The van der Waals surface area contributed by atoms with Gasteiger partial charge in [-0.25, -0.2) is 14.6 Å². The van der Waals surface area contributed by atoms with Gasteiger partial charge in [-0.1, -0.05) is 13.8 Å². The van der Waals surface area contributed by atoms with Crippen LogP contribution >= 0.6 is 15.9 Å². The van der Waals surface area contributed by atoms with E-state index in [0.29, 0.717) is 34.5 Å². The molecule has 8 heteroatoms. The van der Waals surface area contributed by atoms with E-state index >= 15 is 0 Å². The van der Waals surface area contributed by atoms with E-state index in [-0.39, 0.29) is 10.6 Å². The molecular formula is C11H12BrN5O2. The molecule has 0 atom stereocenters. The molecule has 0 fully saturated rings. The average Bonchev–Trinajstić information content (AvgIpc) is 2.77. The first-order valence-corrected chi connectivity index (χ1v) is 6.60. The maximum atomic E-state index is 11.2. The lowest BCUT2D eigenvalue weighted by atomic mass is 10.2. The van der Waals surface area contributed by atoms with Crippen molar-refractivity contribution in [2.24, 2.45) is 0 Å². The first-order valence-electron chi connectivity index (χ1n) is 5.81. The predicted molar refractivity (Wildman–Crippen MR) is 72.3 cm³/mol. The lowest BCUT2D eigenvalue weighted by Crippen LogP contribution is -2.06. The number of rotatable bonds is 4. The summed E-state index contributed by atoms with van der Waals surface area (Å²) in [6.45, 7) is 3.70. The molecular weight excluding hydrogens is 314 g/mol. The van der Waals surface area contributed by atoms with Crippen LogP contribution in [-0.2, 0) is 12.8 Å². The van der Waals surface area contributed by atoms with Gasteiger partial charge in [-0.3, -0.25) is 10.1 Å². The molecule has 0 aliphatic rings. The second kappa shape index (κ2) is 5.43. The van der Waals surface area contributed by atoms with Crippen molar-refractivity contribution in [3.63, 3.8) is 0 Å². The largest absolute Gasteiger partial charge is 0.313 e. The van der Waals surface area contributed by atoms with Gasteiger partial charge in [0.25, 0.3) is 0 Å². The smallest absolute Gasteiger partial charge is 0.258 e. The quantitative estimate of drug-likeness (QED) is 0.636. The summed E-state index contributed by atoms with van der Waals surface area (Å²) in [4.78, 5) is 18.8. The molecule has 2 heterocycles. The van der Waals surface area contributed by atoms with Gasteiger partial charge in [0, 0.05) is 6.20 Å². The number of aromatic nitrogens is 4. The van der Waals surface area contributed by atoms with Crippen molar-refractivity contribution in [3.05, 3.63) is 38.5 Å².